The molecule has 1 aromatic heterocycles. The summed E-state index contributed by atoms with van der Waals surface area (Å²) in [5, 5.41) is 4.75. The van der Waals surface area contributed by atoms with Crippen molar-refractivity contribution in [2.45, 2.75) is 32.2 Å². The minimum atomic E-state index is -0.245. The number of hydrogen-bond donors (Lipinski definition) is 1. The summed E-state index contributed by atoms with van der Waals surface area (Å²) < 4.78 is 15.5. The van der Waals surface area contributed by atoms with Gasteiger partial charge in [0.25, 0.3) is 0 Å². The molecule has 164 valence electrons. The van der Waals surface area contributed by atoms with Crippen LogP contribution >= 0.6 is 11.6 Å². The monoisotopic (exact) mass is 448 g/mol. The van der Waals surface area contributed by atoms with Crippen LogP contribution in [0.25, 0.3) is 10.9 Å². The molecule has 0 fully saturated rings. The van der Waals surface area contributed by atoms with Gasteiger partial charge in [-0.25, -0.2) is 4.39 Å². The Kier molecular flexibility index (Phi) is 6.91. The molecule has 1 N–H and O–H groups in total. The summed E-state index contributed by atoms with van der Waals surface area (Å²) in [6.45, 7) is 3.32. The predicted octanol–water partition coefficient (Wildman–Crippen LogP) is 6.53. The number of fused-ring (bicyclic) bond motifs is 1. The topological polar surface area (TPSA) is 34.0 Å². The second kappa shape index (κ2) is 10.0. The third kappa shape index (κ3) is 5.03. The molecule has 0 bridgehead atoms. The molecule has 3 nitrogen and oxygen atoms in total. The molecule has 0 aliphatic heterocycles. The molecule has 0 saturated heterocycles. The van der Waals surface area contributed by atoms with Crippen LogP contribution in [-0.2, 0) is 11.3 Å². The lowest BCUT2D eigenvalue weighted by Gasteiger charge is -2.17. The number of benzene rings is 3. The van der Waals surface area contributed by atoms with Crippen LogP contribution < -0.4 is 5.32 Å². The van der Waals surface area contributed by atoms with Crippen molar-refractivity contribution in [3.8, 4) is 0 Å². The Labute approximate surface area is 192 Å². The van der Waals surface area contributed by atoms with E-state index in [1.807, 2.05) is 43.3 Å². The van der Waals surface area contributed by atoms with Gasteiger partial charge < -0.3 is 9.88 Å². The molecule has 1 heterocycles. The zero-order chi connectivity index (χ0) is 22.5. The number of rotatable bonds is 8. The smallest absolute Gasteiger partial charge is 0.220 e. The van der Waals surface area contributed by atoms with Gasteiger partial charge in [-0.1, -0.05) is 61.0 Å². The van der Waals surface area contributed by atoms with E-state index in [2.05, 4.69) is 28.2 Å². The molecule has 32 heavy (non-hydrogen) atoms. The van der Waals surface area contributed by atoms with Gasteiger partial charge in [-0.15, -0.1) is 0 Å². The van der Waals surface area contributed by atoms with Gasteiger partial charge in [0.15, 0.2) is 0 Å². The van der Waals surface area contributed by atoms with Crippen molar-refractivity contribution in [3.05, 3.63) is 107 Å². The van der Waals surface area contributed by atoms with Gasteiger partial charge in [-0.2, -0.15) is 0 Å². The maximum atomic E-state index is 13.4. The molecule has 1 amide bonds. The zero-order valence-electron chi connectivity index (χ0n) is 18.0. The van der Waals surface area contributed by atoms with Crippen molar-refractivity contribution < 1.29 is 9.18 Å². The highest BCUT2D eigenvalue weighted by Crippen LogP contribution is 2.36. The fraction of sp³-hybridized carbons (Fsp3) is 0.222. The van der Waals surface area contributed by atoms with Crippen molar-refractivity contribution in [2.75, 3.05) is 6.54 Å². The first-order valence-electron chi connectivity index (χ1n) is 10.9. The SMILES string of the molecule is CCCNC(=O)C[C@H](c1cccc(Cl)c1)c1cn(Cc2ccc(F)cc2)c2ccccc12. The van der Waals surface area contributed by atoms with E-state index in [1.54, 1.807) is 12.1 Å². The summed E-state index contributed by atoms with van der Waals surface area (Å²) >= 11 is 6.30. The second-order valence-electron chi connectivity index (χ2n) is 8.02. The van der Waals surface area contributed by atoms with E-state index in [0.717, 1.165) is 34.0 Å². The van der Waals surface area contributed by atoms with Crippen LogP contribution in [0.4, 0.5) is 4.39 Å². The van der Waals surface area contributed by atoms with E-state index >= 15 is 0 Å². The van der Waals surface area contributed by atoms with Crippen LogP contribution in [0.1, 0.15) is 42.4 Å². The number of amides is 1. The van der Waals surface area contributed by atoms with Gasteiger partial charge >= 0.3 is 0 Å². The standard InChI is InChI=1S/C27H26ClFN2O/c1-2-14-30-27(32)16-24(20-6-5-7-21(28)15-20)25-18-31(26-9-4-3-8-23(25)26)17-19-10-12-22(29)13-11-19/h3-13,15,18,24H,2,14,16-17H2,1H3,(H,30,32)/t24-/m1/s1. The van der Waals surface area contributed by atoms with E-state index in [-0.39, 0.29) is 17.6 Å². The largest absolute Gasteiger partial charge is 0.356 e. The highest BCUT2D eigenvalue weighted by Gasteiger charge is 2.23. The molecule has 1 atom stereocenters. The highest BCUT2D eigenvalue weighted by molar-refractivity contribution is 6.30. The summed E-state index contributed by atoms with van der Waals surface area (Å²) in [4.78, 5) is 12.7. The van der Waals surface area contributed by atoms with Crippen LogP contribution in [0.5, 0.6) is 0 Å². The van der Waals surface area contributed by atoms with E-state index in [1.165, 1.54) is 12.1 Å². The molecule has 0 aliphatic rings. The average molecular weight is 449 g/mol. The van der Waals surface area contributed by atoms with Crippen molar-refractivity contribution in [1.29, 1.82) is 0 Å². The lowest BCUT2D eigenvalue weighted by atomic mass is 9.88. The Morgan fingerprint density at radius 1 is 1.06 bits per heavy atom. The lowest BCUT2D eigenvalue weighted by Crippen LogP contribution is -2.26. The fourth-order valence-corrected chi connectivity index (χ4v) is 4.32. The fourth-order valence-electron chi connectivity index (χ4n) is 4.12. The average Bonchev–Trinajstić information content (AvgIpc) is 3.16. The van der Waals surface area contributed by atoms with Gasteiger partial charge in [-0.3, -0.25) is 4.79 Å². The minimum absolute atomic E-state index is 0.0205. The van der Waals surface area contributed by atoms with Crippen LogP contribution in [0.3, 0.4) is 0 Å². The maximum absolute atomic E-state index is 13.4. The first kappa shape index (κ1) is 22.1. The Hall–Kier alpha value is -3.11. The minimum Gasteiger partial charge on any atom is -0.356 e. The van der Waals surface area contributed by atoms with Gasteiger partial charge in [0.2, 0.25) is 5.91 Å². The van der Waals surface area contributed by atoms with E-state index in [9.17, 15) is 9.18 Å². The van der Waals surface area contributed by atoms with E-state index in [4.69, 9.17) is 11.6 Å². The maximum Gasteiger partial charge on any atom is 0.220 e. The Morgan fingerprint density at radius 2 is 1.84 bits per heavy atom. The third-order valence-corrected chi connectivity index (χ3v) is 5.91. The number of hydrogen-bond acceptors (Lipinski definition) is 1. The van der Waals surface area contributed by atoms with Crippen LogP contribution in [0, 0.1) is 5.82 Å². The van der Waals surface area contributed by atoms with Crippen LogP contribution in [0.2, 0.25) is 5.02 Å². The number of aromatic nitrogens is 1. The molecule has 4 aromatic rings. The van der Waals surface area contributed by atoms with Crippen molar-refractivity contribution in [2.24, 2.45) is 0 Å². The van der Waals surface area contributed by atoms with E-state index in [0.29, 0.717) is 24.5 Å². The summed E-state index contributed by atoms with van der Waals surface area (Å²) in [6, 6.07) is 22.5. The van der Waals surface area contributed by atoms with Crippen molar-refractivity contribution in [1.82, 2.24) is 9.88 Å². The molecule has 0 aliphatic carbocycles. The quantitative estimate of drug-likeness (QED) is 0.326. The molecular formula is C27H26ClFN2O. The molecule has 4 rings (SSSR count). The van der Waals surface area contributed by atoms with Crippen molar-refractivity contribution >= 4 is 28.4 Å². The summed E-state index contributed by atoms with van der Waals surface area (Å²) in [7, 11) is 0. The second-order valence-corrected chi connectivity index (χ2v) is 8.45. The normalized spacial score (nSPS) is 12.1. The number of nitrogens with one attached hydrogen (secondary N) is 1. The number of para-hydroxylation sites is 1. The molecule has 0 saturated carbocycles. The first-order chi connectivity index (χ1) is 15.5. The number of carbonyl (C=O) groups is 1. The molecular weight excluding hydrogens is 423 g/mol. The summed E-state index contributed by atoms with van der Waals surface area (Å²) in [5.74, 6) is -0.358. The lowest BCUT2D eigenvalue weighted by molar-refractivity contribution is -0.121. The number of halogens is 2. The molecule has 0 radical (unpaired) electrons. The van der Waals surface area contributed by atoms with Gasteiger partial charge in [0, 0.05) is 47.6 Å². The summed E-state index contributed by atoms with van der Waals surface area (Å²) in [6.07, 6.45) is 3.35. The van der Waals surface area contributed by atoms with E-state index < -0.39 is 0 Å². The van der Waals surface area contributed by atoms with Crippen LogP contribution in [-0.4, -0.2) is 17.0 Å². The molecule has 3 aromatic carbocycles. The van der Waals surface area contributed by atoms with Gasteiger partial charge in [-0.05, 0) is 53.4 Å². The number of carbonyl (C=O) groups excluding carboxylic acids is 1. The molecule has 0 spiro atoms. The van der Waals surface area contributed by atoms with Gasteiger partial charge in [0.1, 0.15) is 5.82 Å². The molecule has 0 unspecified atom stereocenters. The van der Waals surface area contributed by atoms with Gasteiger partial charge in [0.05, 0.1) is 0 Å². The zero-order valence-corrected chi connectivity index (χ0v) is 18.8. The Balaban J connectivity index is 1.77. The predicted molar refractivity (Wildman–Crippen MR) is 129 cm³/mol. The Bertz CT molecular complexity index is 1220. The number of nitrogens with zero attached hydrogens (tertiary/aromatic N) is 1. The van der Waals surface area contributed by atoms with Crippen LogP contribution in [0.15, 0.2) is 79.0 Å². The summed E-state index contributed by atoms with van der Waals surface area (Å²) in [5.41, 5.74) is 4.18. The molecule has 5 heteroatoms. The first-order valence-corrected chi connectivity index (χ1v) is 11.3. The third-order valence-electron chi connectivity index (χ3n) is 5.67. The Morgan fingerprint density at radius 3 is 2.59 bits per heavy atom. The van der Waals surface area contributed by atoms with Crippen molar-refractivity contribution in [3.63, 3.8) is 0 Å². The highest BCUT2D eigenvalue weighted by atomic mass is 35.5.